The molecule has 0 aliphatic carbocycles. The lowest BCUT2D eigenvalue weighted by atomic mass is 10.3. The average molecular weight is 373 g/mol. The molecule has 0 bridgehead atoms. The first-order valence-corrected chi connectivity index (χ1v) is 7.31. The van der Waals surface area contributed by atoms with Crippen LogP contribution in [-0.4, -0.2) is 12.0 Å². The van der Waals surface area contributed by atoms with Crippen molar-refractivity contribution in [3.63, 3.8) is 0 Å². The highest BCUT2D eigenvalue weighted by Crippen LogP contribution is 2.22. The molecule has 1 atom stereocenters. The van der Waals surface area contributed by atoms with Gasteiger partial charge in [0.1, 0.15) is 0 Å². The van der Waals surface area contributed by atoms with Gasteiger partial charge in [0.25, 0.3) is 5.91 Å². The van der Waals surface area contributed by atoms with Gasteiger partial charge in [0.2, 0.25) is 0 Å². The van der Waals surface area contributed by atoms with Crippen molar-refractivity contribution in [1.29, 1.82) is 0 Å². The molecule has 0 aliphatic heterocycles. The van der Waals surface area contributed by atoms with Gasteiger partial charge >= 0.3 is 0 Å². The Balaban J connectivity index is 2.00. The van der Waals surface area contributed by atoms with Crippen molar-refractivity contribution in [2.75, 3.05) is 5.32 Å². The molecule has 6 heteroatoms. The minimum atomic E-state index is -0.837. The highest BCUT2D eigenvalue weighted by atomic mass is 79.9. The van der Waals surface area contributed by atoms with Crippen molar-refractivity contribution >= 4 is 39.1 Å². The van der Waals surface area contributed by atoms with Crippen molar-refractivity contribution in [2.24, 2.45) is 0 Å². The van der Waals surface area contributed by atoms with Crippen LogP contribution in [0.5, 0.6) is 5.75 Å². The molecule has 0 spiro atoms. The first-order valence-electron chi connectivity index (χ1n) is 6.14. The Hall–Kier alpha value is -1.59. The normalized spacial score (nSPS) is 11.8. The Morgan fingerprint density at radius 2 is 1.95 bits per heavy atom. The van der Waals surface area contributed by atoms with Gasteiger partial charge in [-0.1, -0.05) is 27.5 Å². The predicted octanol–water partition coefficient (Wildman–Crippen LogP) is 4.65. The van der Waals surface area contributed by atoms with E-state index in [9.17, 15) is 9.18 Å². The molecule has 0 saturated heterocycles. The molecule has 2 aromatic carbocycles. The molecule has 3 nitrogen and oxygen atoms in total. The zero-order chi connectivity index (χ0) is 15.4. The van der Waals surface area contributed by atoms with Crippen molar-refractivity contribution in [2.45, 2.75) is 13.0 Å². The van der Waals surface area contributed by atoms with Gasteiger partial charge in [0.05, 0.1) is 0 Å². The van der Waals surface area contributed by atoms with E-state index in [1.165, 1.54) is 12.1 Å². The third-order valence-corrected chi connectivity index (χ3v) is 3.42. The molecule has 1 unspecified atom stereocenters. The monoisotopic (exact) mass is 371 g/mol. The second kappa shape index (κ2) is 6.91. The summed E-state index contributed by atoms with van der Waals surface area (Å²) in [5, 5.41) is 3.24. The van der Waals surface area contributed by atoms with Crippen molar-refractivity contribution in [3.05, 3.63) is 57.8 Å². The summed E-state index contributed by atoms with van der Waals surface area (Å²) in [5.41, 5.74) is 0.594. The van der Waals surface area contributed by atoms with Crippen LogP contribution in [0, 0.1) is 5.82 Å². The zero-order valence-corrected chi connectivity index (χ0v) is 13.4. The average Bonchev–Trinajstić information content (AvgIpc) is 2.44. The van der Waals surface area contributed by atoms with Crippen LogP contribution in [0.25, 0.3) is 0 Å². The quantitative estimate of drug-likeness (QED) is 0.848. The first-order chi connectivity index (χ1) is 9.95. The Labute approximate surface area is 135 Å². The third kappa shape index (κ3) is 4.44. The molecule has 0 heterocycles. The number of amides is 1. The smallest absolute Gasteiger partial charge is 0.265 e. The maximum Gasteiger partial charge on any atom is 0.265 e. The van der Waals surface area contributed by atoms with Crippen LogP contribution in [0.15, 0.2) is 46.9 Å². The lowest BCUT2D eigenvalue weighted by molar-refractivity contribution is -0.122. The van der Waals surface area contributed by atoms with Crippen molar-refractivity contribution in [3.8, 4) is 5.75 Å². The molecule has 1 amide bonds. The summed E-state index contributed by atoms with van der Waals surface area (Å²) in [6, 6.07) is 11.1. The van der Waals surface area contributed by atoms with E-state index in [1.54, 1.807) is 37.3 Å². The summed E-state index contributed by atoms with van der Waals surface area (Å²) in [6.45, 7) is 1.55. The van der Waals surface area contributed by atoms with Crippen molar-refractivity contribution in [1.82, 2.24) is 0 Å². The van der Waals surface area contributed by atoms with E-state index >= 15 is 0 Å². The van der Waals surface area contributed by atoms with Gasteiger partial charge < -0.3 is 10.1 Å². The summed E-state index contributed by atoms with van der Waals surface area (Å²) >= 11 is 8.92. The largest absolute Gasteiger partial charge is 0.478 e. The number of hydrogen-bond donors (Lipinski definition) is 1. The summed E-state index contributed by atoms with van der Waals surface area (Å²) in [7, 11) is 0. The number of carbonyl (C=O) groups is 1. The van der Waals surface area contributed by atoms with Crippen LogP contribution in [0.3, 0.4) is 0 Å². The Morgan fingerprint density at radius 3 is 2.57 bits per heavy atom. The maximum absolute atomic E-state index is 13.6. The molecule has 0 fully saturated rings. The number of hydrogen-bond acceptors (Lipinski definition) is 2. The van der Waals surface area contributed by atoms with Gasteiger partial charge in [-0.3, -0.25) is 4.79 Å². The Kier molecular flexibility index (Phi) is 5.20. The molecule has 110 valence electrons. The lowest BCUT2D eigenvalue weighted by Crippen LogP contribution is -2.30. The van der Waals surface area contributed by atoms with E-state index in [4.69, 9.17) is 16.3 Å². The van der Waals surface area contributed by atoms with E-state index < -0.39 is 11.9 Å². The Morgan fingerprint density at radius 1 is 1.29 bits per heavy atom. The van der Waals surface area contributed by atoms with Crippen LogP contribution in [0.1, 0.15) is 6.92 Å². The number of halogens is 3. The van der Waals surface area contributed by atoms with E-state index in [0.717, 1.165) is 0 Å². The second-order valence-electron chi connectivity index (χ2n) is 4.33. The molecule has 1 N–H and O–H groups in total. The molecule has 2 aromatic rings. The summed E-state index contributed by atoms with van der Waals surface area (Å²) < 4.78 is 19.6. The molecular weight excluding hydrogens is 361 g/mol. The number of rotatable bonds is 4. The SMILES string of the molecule is CC(Oc1ccc(Br)cc1F)C(=O)Nc1ccc(Cl)cc1. The summed E-state index contributed by atoms with van der Waals surface area (Å²) in [5.74, 6) is -0.882. The van der Waals surface area contributed by atoms with Crippen LogP contribution in [0.2, 0.25) is 5.02 Å². The fourth-order valence-corrected chi connectivity index (χ4v) is 2.05. The topological polar surface area (TPSA) is 38.3 Å². The fraction of sp³-hybridized carbons (Fsp3) is 0.133. The lowest BCUT2D eigenvalue weighted by Gasteiger charge is -2.15. The van der Waals surface area contributed by atoms with E-state index in [2.05, 4.69) is 21.2 Å². The number of ether oxygens (including phenoxy) is 1. The Bertz CT molecular complexity index is 649. The molecule has 2 rings (SSSR count). The van der Waals surface area contributed by atoms with Gasteiger partial charge in [0.15, 0.2) is 17.7 Å². The van der Waals surface area contributed by atoms with Crippen LogP contribution >= 0.6 is 27.5 Å². The maximum atomic E-state index is 13.6. The van der Waals surface area contributed by atoms with E-state index in [1.807, 2.05) is 0 Å². The number of anilines is 1. The molecule has 0 aliphatic rings. The highest BCUT2D eigenvalue weighted by molar-refractivity contribution is 9.10. The van der Waals surface area contributed by atoms with Gasteiger partial charge in [0, 0.05) is 15.2 Å². The molecule has 0 aromatic heterocycles. The van der Waals surface area contributed by atoms with E-state index in [0.29, 0.717) is 15.2 Å². The third-order valence-electron chi connectivity index (χ3n) is 2.68. The standard InChI is InChI=1S/C15H12BrClFNO2/c1-9(21-14-7-2-10(16)8-13(14)18)15(20)19-12-5-3-11(17)4-6-12/h2-9H,1H3,(H,19,20). The summed E-state index contributed by atoms with van der Waals surface area (Å²) in [4.78, 5) is 12.0. The highest BCUT2D eigenvalue weighted by Gasteiger charge is 2.16. The predicted molar refractivity (Wildman–Crippen MR) is 84.3 cm³/mol. The molecule has 0 saturated carbocycles. The van der Waals surface area contributed by atoms with Crippen LogP contribution < -0.4 is 10.1 Å². The minimum absolute atomic E-state index is 0.0250. The van der Waals surface area contributed by atoms with Crippen LogP contribution in [0.4, 0.5) is 10.1 Å². The molecule has 21 heavy (non-hydrogen) atoms. The fourth-order valence-electron chi connectivity index (χ4n) is 1.59. The number of benzene rings is 2. The van der Waals surface area contributed by atoms with Gasteiger partial charge in [-0.25, -0.2) is 4.39 Å². The number of carbonyl (C=O) groups excluding carboxylic acids is 1. The van der Waals surface area contributed by atoms with Gasteiger partial charge in [-0.2, -0.15) is 0 Å². The van der Waals surface area contributed by atoms with Crippen molar-refractivity contribution < 1.29 is 13.9 Å². The second-order valence-corrected chi connectivity index (χ2v) is 5.68. The molecular formula is C15H12BrClFNO2. The summed E-state index contributed by atoms with van der Waals surface area (Å²) in [6.07, 6.45) is -0.837. The first kappa shape index (κ1) is 15.8. The molecule has 0 radical (unpaired) electrons. The van der Waals surface area contributed by atoms with Gasteiger partial charge in [-0.05, 0) is 49.4 Å². The zero-order valence-electron chi connectivity index (χ0n) is 11.1. The van der Waals surface area contributed by atoms with E-state index in [-0.39, 0.29) is 11.7 Å². The van der Waals surface area contributed by atoms with Gasteiger partial charge in [-0.15, -0.1) is 0 Å². The minimum Gasteiger partial charge on any atom is -0.478 e. The number of nitrogens with one attached hydrogen (secondary N) is 1. The van der Waals surface area contributed by atoms with Crippen LogP contribution in [-0.2, 0) is 4.79 Å².